The van der Waals surface area contributed by atoms with Crippen LogP contribution in [-0.2, 0) is 0 Å². The molecule has 0 bridgehead atoms. The van der Waals surface area contributed by atoms with Crippen molar-refractivity contribution in [2.75, 3.05) is 4.90 Å². The highest BCUT2D eigenvalue weighted by molar-refractivity contribution is 7.13. The average molecular weight is 476 g/mol. The maximum Gasteiger partial charge on any atom is 0.165 e. The molecular formula is C22H18ClN9S. The molecule has 33 heavy (non-hydrogen) atoms. The van der Waals surface area contributed by atoms with Gasteiger partial charge in [0.05, 0.1) is 23.5 Å². The van der Waals surface area contributed by atoms with Crippen LogP contribution in [0.25, 0.3) is 27.8 Å². The molecule has 0 saturated carbocycles. The molecule has 9 nitrogen and oxygen atoms in total. The molecule has 1 atom stereocenters. The normalized spacial score (nSPS) is 14.9. The molecule has 1 aromatic carbocycles. The maximum absolute atomic E-state index is 6.18. The van der Waals surface area contributed by atoms with Gasteiger partial charge in [-0.25, -0.2) is 15.0 Å². The van der Waals surface area contributed by atoms with Gasteiger partial charge in [-0.1, -0.05) is 18.5 Å². The van der Waals surface area contributed by atoms with Crippen molar-refractivity contribution in [1.29, 1.82) is 0 Å². The fourth-order valence-corrected chi connectivity index (χ4v) is 5.04. The van der Waals surface area contributed by atoms with Crippen molar-refractivity contribution in [2.45, 2.75) is 26.3 Å². The SMILES string of the molecule is CC[C@H]1c2nncn2-c2c(C)nc(-c3cn[nH]c3-c3nccs3)nc2N1c1ccc(Cl)cc1. The predicted octanol–water partition coefficient (Wildman–Crippen LogP) is 5.14. The van der Waals surface area contributed by atoms with Crippen molar-refractivity contribution in [3.63, 3.8) is 0 Å². The minimum absolute atomic E-state index is 0.0499. The van der Waals surface area contributed by atoms with Crippen LogP contribution in [-0.4, -0.2) is 39.9 Å². The first-order valence-electron chi connectivity index (χ1n) is 10.4. The molecule has 5 aromatic rings. The number of benzene rings is 1. The van der Waals surface area contributed by atoms with Gasteiger partial charge >= 0.3 is 0 Å². The van der Waals surface area contributed by atoms with Gasteiger partial charge in [0.1, 0.15) is 22.7 Å². The second-order valence-electron chi connectivity index (χ2n) is 7.63. The topological polar surface area (TPSA) is 101 Å². The first-order chi connectivity index (χ1) is 16.2. The third-order valence-electron chi connectivity index (χ3n) is 5.71. The van der Waals surface area contributed by atoms with Gasteiger partial charge in [-0.3, -0.25) is 9.67 Å². The number of rotatable bonds is 4. The van der Waals surface area contributed by atoms with Crippen molar-refractivity contribution in [2.24, 2.45) is 0 Å². The van der Waals surface area contributed by atoms with Gasteiger partial charge in [0.2, 0.25) is 0 Å². The van der Waals surface area contributed by atoms with E-state index in [-0.39, 0.29) is 6.04 Å². The van der Waals surface area contributed by atoms with Crippen LogP contribution in [0.2, 0.25) is 5.02 Å². The number of hydrogen-bond acceptors (Lipinski definition) is 8. The van der Waals surface area contributed by atoms with E-state index in [1.165, 1.54) is 11.3 Å². The summed E-state index contributed by atoms with van der Waals surface area (Å²) in [5.74, 6) is 2.21. The summed E-state index contributed by atoms with van der Waals surface area (Å²) >= 11 is 7.72. The lowest BCUT2D eigenvalue weighted by Gasteiger charge is -2.37. The Bertz CT molecular complexity index is 1440. The van der Waals surface area contributed by atoms with Crippen molar-refractivity contribution in [3.8, 4) is 27.8 Å². The van der Waals surface area contributed by atoms with Crippen LogP contribution in [0.4, 0.5) is 11.5 Å². The molecule has 0 saturated heterocycles. The first kappa shape index (κ1) is 20.0. The molecule has 0 fully saturated rings. The number of nitrogens with one attached hydrogen (secondary N) is 1. The summed E-state index contributed by atoms with van der Waals surface area (Å²) < 4.78 is 1.99. The molecule has 6 rings (SSSR count). The Kier molecular flexibility index (Phi) is 4.70. The van der Waals surface area contributed by atoms with E-state index in [0.717, 1.165) is 51.4 Å². The number of nitrogens with zero attached hydrogens (tertiary/aromatic N) is 8. The number of H-pyrrole nitrogens is 1. The monoisotopic (exact) mass is 475 g/mol. The molecule has 1 aliphatic rings. The smallest absolute Gasteiger partial charge is 0.165 e. The lowest BCUT2D eigenvalue weighted by atomic mass is 10.1. The van der Waals surface area contributed by atoms with Crippen LogP contribution in [0.5, 0.6) is 0 Å². The first-order valence-corrected chi connectivity index (χ1v) is 11.7. The molecule has 0 aliphatic carbocycles. The number of anilines is 2. The Morgan fingerprint density at radius 2 is 2.03 bits per heavy atom. The molecule has 0 unspecified atom stereocenters. The summed E-state index contributed by atoms with van der Waals surface area (Å²) in [5, 5.41) is 19.4. The second kappa shape index (κ2) is 7.75. The summed E-state index contributed by atoms with van der Waals surface area (Å²) in [6.45, 7) is 4.10. The van der Waals surface area contributed by atoms with Crippen molar-refractivity contribution in [3.05, 3.63) is 64.9 Å². The molecule has 11 heteroatoms. The zero-order valence-corrected chi connectivity index (χ0v) is 19.3. The van der Waals surface area contributed by atoms with Crippen molar-refractivity contribution >= 4 is 34.4 Å². The number of fused-ring (bicyclic) bond motifs is 3. The van der Waals surface area contributed by atoms with Crippen LogP contribution in [0.3, 0.4) is 0 Å². The molecule has 0 radical (unpaired) electrons. The van der Waals surface area contributed by atoms with E-state index in [1.807, 2.05) is 41.1 Å². The van der Waals surface area contributed by atoms with Gasteiger partial charge in [-0.2, -0.15) is 5.10 Å². The summed E-state index contributed by atoms with van der Waals surface area (Å²) in [6.07, 6.45) is 6.06. The highest BCUT2D eigenvalue weighted by Crippen LogP contribution is 2.45. The quantitative estimate of drug-likeness (QED) is 0.384. The summed E-state index contributed by atoms with van der Waals surface area (Å²) in [5.41, 5.74) is 4.25. The predicted molar refractivity (Wildman–Crippen MR) is 127 cm³/mol. The number of aromatic nitrogens is 8. The van der Waals surface area contributed by atoms with E-state index in [4.69, 9.17) is 21.6 Å². The van der Waals surface area contributed by atoms with E-state index >= 15 is 0 Å². The maximum atomic E-state index is 6.18. The number of thiazole rings is 1. The van der Waals surface area contributed by atoms with Gasteiger partial charge in [0.25, 0.3) is 0 Å². The summed E-state index contributed by atoms with van der Waals surface area (Å²) in [4.78, 5) is 16.5. The lowest BCUT2D eigenvalue weighted by Crippen LogP contribution is -2.32. The largest absolute Gasteiger partial charge is 0.314 e. The number of hydrogen-bond donors (Lipinski definition) is 1. The molecule has 1 aliphatic heterocycles. The Morgan fingerprint density at radius 1 is 1.18 bits per heavy atom. The van der Waals surface area contributed by atoms with Gasteiger partial charge < -0.3 is 4.90 Å². The highest BCUT2D eigenvalue weighted by Gasteiger charge is 2.36. The van der Waals surface area contributed by atoms with Crippen LogP contribution in [0, 0.1) is 6.92 Å². The lowest BCUT2D eigenvalue weighted by molar-refractivity contribution is 0.588. The Morgan fingerprint density at radius 3 is 2.79 bits per heavy atom. The minimum atomic E-state index is -0.0499. The summed E-state index contributed by atoms with van der Waals surface area (Å²) in [6, 6.07) is 7.71. The molecule has 5 heterocycles. The Hall–Kier alpha value is -3.63. The fraction of sp³-hybridized carbons (Fsp3) is 0.182. The van der Waals surface area contributed by atoms with Gasteiger partial charge in [-0.05, 0) is 37.6 Å². The molecule has 1 N–H and O–H groups in total. The third kappa shape index (κ3) is 3.13. The van der Waals surface area contributed by atoms with Crippen LogP contribution < -0.4 is 4.90 Å². The molecule has 0 spiro atoms. The van der Waals surface area contributed by atoms with Gasteiger partial charge in [0.15, 0.2) is 17.5 Å². The van der Waals surface area contributed by atoms with Crippen LogP contribution in [0.1, 0.15) is 30.9 Å². The second-order valence-corrected chi connectivity index (χ2v) is 8.96. The van der Waals surface area contributed by atoms with Gasteiger partial charge in [0, 0.05) is 22.3 Å². The summed E-state index contributed by atoms with van der Waals surface area (Å²) in [7, 11) is 0. The molecule has 0 amide bonds. The van der Waals surface area contributed by atoms with Crippen LogP contribution in [0.15, 0.2) is 48.4 Å². The van der Waals surface area contributed by atoms with E-state index in [0.29, 0.717) is 10.8 Å². The number of aromatic amines is 1. The fourth-order valence-electron chi connectivity index (χ4n) is 4.26. The van der Waals surface area contributed by atoms with Crippen molar-refractivity contribution in [1.82, 2.24) is 39.9 Å². The Balaban J connectivity index is 1.60. The van der Waals surface area contributed by atoms with E-state index in [1.54, 1.807) is 18.7 Å². The van der Waals surface area contributed by atoms with E-state index < -0.39 is 0 Å². The minimum Gasteiger partial charge on any atom is -0.314 e. The van der Waals surface area contributed by atoms with Crippen LogP contribution >= 0.6 is 22.9 Å². The van der Waals surface area contributed by atoms with E-state index in [2.05, 4.69) is 37.2 Å². The molecule has 4 aromatic heterocycles. The van der Waals surface area contributed by atoms with Gasteiger partial charge in [-0.15, -0.1) is 21.5 Å². The standard InChI is InChI=1S/C22H18ClN9S/c1-3-16-20-30-26-11-31(20)18-12(2)27-19(15-10-25-29-17(15)22-24-8-9-33-22)28-21(18)32(16)14-6-4-13(23)5-7-14/h4-11,16H,3H2,1-2H3,(H,25,29)/t16-/m0/s1. The zero-order valence-electron chi connectivity index (χ0n) is 17.8. The molecule has 164 valence electrons. The third-order valence-corrected chi connectivity index (χ3v) is 6.75. The van der Waals surface area contributed by atoms with Crippen molar-refractivity contribution < 1.29 is 0 Å². The number of aryl methyl sites for hydroxylation is 1. The number of halogens is 1. The van der Waals surface area contributed by atoms with E-state index in [9.17, 15) is 0 Å². The molecular weight excluding hydrogens is 458 g/mol. The highest BCUT2D eigenvalue weighted by atomic mass is 35.5. The Labute approximate surface area is 198 Å². The zero-order chi connectivity index (χ0) is 22.5. The average Bonchev–Trinajstić information content (AvgIpc) is 3.59.